The molecule has 0 heterocycles. The molecule has 0 saturated carbocycles. The van der Waals surface area contributed by atoms with Crippen molar-refractivity contribution < 1.29 is 8.42 Å². The fourth-order valence-corrected chi connectivity index (χ4v) is 2.95. The molecule has 1 rings (SSSR count). The van der Waals surface area contributed by atoms with E-state index in [1.807, 2.05) is 7.05 Å². The van der Waals surface area contributed by atoms with Crippen molar-refractivity contribution in [3.63, 3.8) is 0 Å². The third kappa shape index (κ3) is 3.68. The van der Waals surface area contributed by atoms with Crippen LogP contribution >= 0.6 is 0 Å². The lowest BCUT2D eigenvalue weighted by Gasteiger charge is -2.37. The molecule has 0 bridgehead atoms. The molecule has 1 unspecified atom stereocenters. The van der Waals surface area contributed by atoms with Crippen LogP contribution in [0.4, 0.5) is 11.4 Å². The van der Waals surface area contributed by atoms with E-state index in [4.69, 9.17) is 5.73 Å². The highest BCUT2D eigenvalue weighted by Gasteiger charge is 2.26. The number of benzene rings is 1. The molecule has 6 heteroatoms. The highest BCUT2D eigenvalue weighted by Crippen LogP contribution is 2.32. The molecule has 0 amide bonds. The van der Waals surface area contributed by atoms with Crippen LogP contribution in [0.2, 0.25) is 0 Å². The Kier molecular flexibility index (Phi) is 4.95. The van der Waals surface area contributed by atoms with Crippen LogP contribution in [0.5, 0.6) is 0 Å². The monoisotopic (exact) mass is 313 g/mol. The predicted molar refractivity (Wildman–Crippen MR) is 89.0 cm³/mol. The number of hydrogen-bond donors (Lipinski definition) is 1. The molecule has 0 aromatic heterocycles. The van der Waals surface area contributed by atoms with Gasteiger partial charge in [-0.05, 0) is 30.5 Å². The Balaban J connectivity index is 3.21. The van der Waals surface area contributed by atoms with Crippen LogP contribution in [0.3, 0.4) is 0 Å². The molecule has 0 aliphatic carbocycles. The summed E-state index contributed by atoms with van der Waals surface area (Å²) >= 11 is 0. The third-order valence-corrected chi connectivity index (χ3v) is 5.80. The van der Waals surface area contributed by atoms with Crippen molar-refractivity contribution in [2.75, 3.05) is 31.8 Å². The van der Waals surface area contributed by atoms with Crippen molar-refractivity contribution in [1.29, 1.82) is 0 Å². The molecule has 1 aromatic rings. The lowest BCUT2D eigenvalue weighted by atomic mass is 9.87. The Morgan fingerprint density at radius 3 is 2.05 bits per heavy atom. The summed E-state index contributed by atoms with van der Waals surface area (Å²) in [5, 5.41) is 0. The van der Waals surface area contributed by atoms with Gasteiger partial charge in [0.25, 0.3) is 0 Å². The molecule has 0 aliphatic heterocycles. The molecule has 0 spiro atoms. The highest BCUT2D eigenvalue weighted by molar-refractivity contribution is 7.89. The molecule has 2 N–H and O–H groups in total. The van der Waals surface area contributed by atoms with Gasteiger partial charge in [-0.1, -0.05) is 20.8 Å². The van der Waals surface area contributed by atoms with Crippen molar-refractivity contribution in [3.8, 4) is 0 Å². The SMILES string of the molecule is CC(N(C)c1ccc(S(=O)(=O)N(C)C)cc1N)C(C)(C)C. The summed E-state index contributed by atoms with van der Waals surface area (Å²) in [6, 6.07) is 5.16. The van der Waals surface area contributed by atoms with Gasteiger partial charge in [0.05, 0.1) is 16.3 Å². The van der Waals surface area contributed by atoms with Crippen LogP contribution in [0.1, 0.15) is 27.7 Å². The number of nitrogen functional groups attached to an aromatic ring is 1. The van der Waals surface area contributed by atoms with Gasteiger partial charge >= 0.3 is 0 Å². The van der Waals surface area contributed by atoms with Gasteiger partial charge in [0.15, 0.2) is 0 Å². The first kappa shape index (κ1) is 17.8. The third-order valence-electron chi connectivity index (χ3n) is 3.99. The van der Waals surface area contributed by atoms with Crippen LogP contribution < -0.4 is 10.6 Å². The minimum Gasteiger partial charge on any atom is -0.397 e. The van der Waals surface area contributed by atoms with Gasteiger partial charge in [-0.25, -0.2) is 12.7 Å². The van der Waals surface area contributed by atoms with Crippen LogP contribution in [0, 0.1) is 5.41 Å². The maximum atomic E-state index is 12.1. The largest absolute Gasteiger partial charge is 0.397 e. The zero-order valence-corrected chi connectivity index (χ0v) is 14.8. The molecule has 0 radical (unpaired) electrons. The summed E-state index contributed by atoms with van der Waals surface area (Å²) in [5.41, 5.74) is 7.48. The molecular formula is C15H27N3O2S. The normalized spacial score (nSPS) is 14.3. The number of nitrogens with two attached hydrogens (primary N) is 1. The molecule has 120 valence electrons. The fourth-order valence-electron chi connectivity index (χ4n) is 2.01. The summed E-state index contributed by atoms with van der Waals surface area (Å²) in [5.74, 6) is 0. The minimum absolute atomic E-state index is 0.0928. The molecule has 0 aliphatic rings. The second-order valence-electron chi connectivity index (χ2n) is 6.66. The van der Waals surface area contributed by atoms with Crippen molar-refractivity contribution in [1.82, 2.24) is 4.31 Å². The maximum absolute atomic E-state index is 12.1. The van der Waals surface area contributed by atoms with Gasteiger partial charge in [0.1, 0.15) is 0 Å². The van der Waals surface area contributed by atoms with Crippen LogP contribution in [-0.4, -0.2) is 39.9 Å². The van der Waals surface area contributed by atoms with Crippen LogP contribution in [0.25, 0.3) is 0 Å². The second-order valence-corrected chi connectivity index (χ2v) is 8.81. The maximum Gasteiger partial charge on any atom is 0.242 e. The zero-order chi connectivity index (χ0) is 16.6. The topological polar surface area (TPSA) is 66.6 Å². The molecule has 1 aromatic carbocycles. The van der Waals surface area contributed by atoms with E-state index in [1.165, 1.54) is 24.5 Å². The lowest BCUT2D eigenvalue weighted by molar-refractivity contribution is 0.330. The Hall–Kier alpha value is -1.27. The van der Waals surface area contributed by atoms with E-state index in [0.717, 1.165) is 5.69 Å². The van der Waals surface area contributed by atoms with Gasteiger partial charge in [0, 0.05) is 27.2 Å². The van der Waals surface area contributed by atoms with Gasteiger partial charge in [-0.3, -0.25) is 0 Å². The average molecular weight is 313 g/mol. The lowest BCUT2D eigenvalue weighted by Crippen LogP contribution is -2.39. The summed E-state index contributed by atoms with van der Waals surface area (Å²) < 4.78 is 25.4. The highest BCUT2D eigenvalue weighted by atomic mass is 32.2. The molecular weight excluding hydrogens is 286 g/mol. The molecule has 21 heavy (non-hydrogen) atoms. The van der Waals surface area contributed by atoms with E-state index < -0.39 is 10.0 Å². The van der Waals surface area contributed by atoms with Crippen LogP contribution in [0.15, 0.2) is 23.1 Å². The van der Waals surface area contributed by atoms with Gasteiger partial charge in [0.2, 0.25) is 10.0 Å². The molecule has 1 atom stereocenters. The Morgan fingerprint density at radius 2 is 1.67 bits per heavy atom. The zero-order valence-electron chi connectivity index (χ0n) is 14.0. The van der Waals surface area contributed by atoms with Crippen molar-refractivity contribution in [3.05, 3.63) is 18.2 Å². The predicted octanol–water partition coefficient (Wildman–Crippen LogP) is 2.39. The number of sulfonamides is 1. The molecule has 5 nitrogen and oxygen atoms in total. The van der Waals surface area contributed by atoms with E-state index in [9.17, 15) is 8.42 Å². The standard InChI is InChI=1S/C15H27N3O2S/c1-11(15(2,3)4)18(7)14-9-8-12(10-13(14)16)21(19,20)17(5)6/h8-11H,16H2,1-7H3. The van der Waals surface area contributed by atoms with Gasteiger partial charge in [-0.15, -0.1) is 0 Å². The smallest absolute Gasteiger partial charge is 0.242 e. The minimum atomic E-state index is -3.46. The first-order valence-electron chi connectivity index (χ1n) is 6.94. The van der Waals surface area contributed by atoms with Crippen molar-refractivity contribution in [2.24, 2.45) is 5.41 Å². The number of rotatable bonds is 4. The summed E-state index contributed by atoms with van der Waals surface area (Å²) in [6.45, 7) is 8.61. The van der Waals surface area contributed by atoms with Crippen LogP contribution in [-0.2, 0) is 10.0 Å². The summed E-state index contributed by atoms with van der Waals surface area (Å²) in [7, 11) is 1.53. The van der Waals surface area contributed by atoms with E-state index in [2.05, 4.69) is 32.6 Å². The van der Waals surface area contributed by atoms with E-state index >= 15 is 0 Å². The molecule has 0 fully saturated rings. The average Bonchev–Trinajstić information content (AvgIpc) is 2.35. The Labute approximate surface area is 128 Å². The number of nitrogens with zero attached hydrogens (tertiary/aromatic N) is 2. The van der Waals surface area contributed by atoms with Crippen molar-refractivity contribution in [2.45, 2.75) is 38.6 Å². The second kappa shape index (κ2) is 5.85. The van der Waals surface area contributed by atoms with Crippen molar-refractivity contribution >= 4 is 21.4 Å². The van der Waals surface area contributed by atoms with E-state index in [0.29, 0.717) is 5.69 Å². The molecule has 0 saturated heterocycles. The Bertz CT molecular complexity index is 604. The van der Waals surface area contributed by atoms with Gasteiger partial charge < -0.3 is 10.6 Å². The van der Waals surface area contributed by atoms with Gasteiger partial charge in [-0.2, -0.15) is 0 Å². The number of anilines is 2. The first-order chi connectivity index (χ1) is 9.39. The fraction of sp³-hybridized carbons (Fsp3) is 0.600. The first-order valence-corrected chi connectivity index (χ1v) is 8.38. The quantitative estimate of drug-likeness (QED) is 0.867. The Morgan fingerprint density at radius 1 is 1.14 bits per heavy atom. The van der Waals surface area contributed by atoms with E-state index in [1.54, 1.807) is 12.1 Å². The van der Waals surface area contributed by atoms with E-state index in [-0.39, 0.29) is 16.4 Å². The summed E-state index contributed by atoms with van der Waals surface area (Å²) in [4.78, 5) is 2.30. The summed E-state index contributed by atoms with van der Waals surface area (Å²) in [6.07, 6.45) is 0. The number of hydrogen-bond acceptors (Lipinski definition) is 4.